The van der Waals surface area contributed by atoms with Crippen LogP contribution in [0.25, 0.3) is 0 Å². The number of carbonyl (C=O) groups is 2. The number of nitrogens with one attached hydrogen (secondary N) is 1. The van der Waals surface area contributed by atoms with Gasteiger partial charge in [-0.2, -0.15) is 0 Å². The summed E-state index contributed by atoms with van der Waals surface area (Å²) in [6.07, 6.45) is 60.5. The number of hydrogen-bond acceptors (Lipinski definition) is 5. The summed E-state index contributed by atoms with van der Waals surface area (Å²) >= 11 is 0. The largest absolute Gasteiger partial charge is 0.466 e. The molecule has 0 aliphatic carbocycles. The van der Waals surface area contributed by atoms with Gasteiger partial charge in [-0.3, -0.25) is 9.59 Å². The Bertz CT molecular complexity index is 924. The van der Waals surface area contributed by atoms with Crippen LogP contribution in [0.1, 0.15) is 309 Å². The smallest absolute Gasteiger partial charge is 0.305 e. The van der Waals surface area contributed by atoms with E-state index in [9.17, 15) is 19.8 Å². The number of aliphatic hydroxyl groups excluding tert-OH is 2. The molecule has 368 valence electrons. The van der Waals surface area contributed by atoms with Crippen molar-refractivity contribution >= 4 is 11.9 Å². The molecule has 2 unspecified atom stereocenters. The first-order valence-corrected chi connectivity index (χ1v) is 27.9. The van der Waals surface area contributed by atoms with Crippen molar-refractivity contribution in [3.05, 3.63) is 12.2 Å². The van der Waals surface area contributed by atoms with Crippen LogP contribution in [0.15, 0.2) is 12.2 Å². The molecule has 0 aliphatic rings. The summed E-state index contributed by atoms with van der Waals surface area (Å²) in [6.45, 7) is 4.92. The second kappa shape index (κ2) is 52.2. The number of esters is 1. The average Bonchev–Trinajstić information content (AvgIpc) is 3.27. The van der Waals surface area contributed by atoms with Gasteiger partial charge in [0.25, 0.3) is 0 Å². The zero-order valence-corrected chi connectivity index (χ0v) is 41.9. The van der Waals surface area contributed by atoms with Gasteiger partial charge in [-0.1, -0.05) is 251 Å². The molecule has 3 N–H and O–H groups in total. The predicted octanol–water partition coefficient (Wildman–Crippen LogP) is 16.9. The van der Waals surface area contributed by atoms with Crippen LogP contribution in [-0.2, 0) is 14.3 Å². The zero-order valence-electron chi connectivity index (χ0n) is 41.9. The van der Waals surface area contributed by atoms with Gasteiger partial charge in [-0.05, 0) is 57.8 Å². The minimum atomic E-state index is -0.679. The Morgan fingerprint density at radius 1 is 0.435 bits per heavy atom. The summed E-state index contributed by atoms with van der Waals surface area (Å²) in [7, 11) is 0. The third-order valence-electron chi connectivity index (χ3n) is 13.1. The highest BCUT2D eigenvalue weighted by Gasteiger charge is 2.20. The minimum absolute atomic E-state index is 0.0186. The van der Waals surface area contributed by atoms with E-state index in [1.807, 2.05) is 0 Å². The Morgan fingerprint density at radius 2 is 0.758 bits per heavy atom. The van der Waals surface area contributed by atoms with E-state index in [1.54, 1.807) is 0 Å². The normalized spacial score (nSPS) is 12.6. The maximum absolute atomic E-state index is 12.5. The van der Waals surface area contributed by atoms with Crippen LogP contribution in [-0.4, -0.2) is 47.4 Å². The van der Waals surface area contributed by atoms with E-state index in [1.165, 1.54) is 199 Å². The first-order valence-electron chi connectivity index (χ1n) is 27.9. The second-order valence-corrected chi connectivity index (χ2v) is 19.3. The van der Waals surface area contributed by atoms with Crippen LogP contribution in [0, 0.1) is 0 Å². The lowest BCUT2D eigenvalue weighted by molar-refractivity contribution is -0.143. The summed E-state index contributed by atoms with van der Waals surface area (Å²) in [4.78, 5) is 24.5. The number of aliphatic hydroxyl groups is 2. The second-order valence-electron chi connectivity index (χ2n) is 19.3. The van der Waals surface area contributed by atoms with E-state index in [0.29, 0.717) is 25.9 Å². The predicted molar refractivity (Wildman–Crippen MR) is 269 cm³/mol. The van der Waals surface area contributed by atoms with Crippen molar-refractivity contribution in [3.63, 3.8) is 0 Å². The summed E-state index contributed by atoms with van der Waals surface area (Å²) < 4.78 is 5.46. The monoisotopic (exact) mass is 876 g/mol. The number of allylic oxidation sites excluding steroid dienone is 2. The van der Waals surface area contributed by atoms with Crippen molar-refractivity contribution in [2.24, 2.45) is 0 Å². The molecule has 0 spiro atoms. The van der Waals surface area contributed by atoms with Gasteiger partial charge < -0.3 is 20.3 Å². The summed E-state index contributed by atoms with van der Waals surface area (Å²) in [5.74, 6) is -0.0768. The fourth-order valence-electron chi connectivity index (χ4n) is 8.75. The lowest BCUT2D eigenvalue weighted by Crippen LogP contribution is -2.45. The molecule has 0 fully saturated rings. The maximum atomic E-state index is 12.5. The van der Waals surface area contributed by atoms with Crippen molar-refractivity contribution in [1.29, 1.82) is 0 Å². The van der Waals surface area contributed by atoms with E-state index in [2.05, 4.69) is 31.3 Å². The van der Waals surface area contributed by atoms with Crippen molar-refractivity contribution in [2.75, 3.05) is 13.2 Å². The van der Waals surface area contributed by atoms with Crippen LogP contribution < -0.4 is 5.32 Å². The van der Waals surface area contributed by atoms with Gasteiger partial charge in [-0.25, -0.2) is 0 Å². The minimum Gasteiger partial charge on any atom is -0.466 e. The van der Waals surface area contributed by atoms with Gasteiger partial charge in [0.2, 0.25) is 5.91 Å². The van der Waals surface area contributed by atoms with Crippen molar-refractivity contribution in [2.45, 2.75) is 321 Å². The van der Waals surface area contributed by atoms with Crippen molar-refractivity contribution in [1.82, 2.24) is 5.32 Å². The molecule has 0 saturated carbocycles. The Kier molecular flexibility index (Phi) is 51.0. The Morgan fingerprint density at radius 3 is 1.15 bits per heavy atom. The van der Waals surface area contributed by atoms with Gasteiger partial charge in [0.05, 0.1) is 25.4 Å². The SMILES string of the molecule is CCCCCCCCCCCCCCCCCCCC(O)C(CO)NC(=O)CCCCCCC/C=C\CCCCCOC(=O)CCCCCCCCCCCCCCCCCC. The molecule has 62 heavy (non-hydrogen) atoms. The molecule has 0 saturated heterocycles. The molecule has 6 nitrogen and oxygen atoms in total. The summed E-state index contributed by atoms with van der Waals surface area (Å²) in [5, 5.41) is 23.3. The molecule has 0 aromatic rings. The standard InChI is InChI=1S/C56H109NO5/c1-3-5-7-9-11-13-15-17-19-21-22-24-28-32-36-40-44-48-54(59)53(52-58)57-55(60)49-45-41-37-33-29-26-27-31-35-39-43-47-51-62-56(61)50-46-42-38-34-30-25-23-20-18-16-14-12-10-8-6-4-2/h27,31,53-54,58-59H,3-26,28-30,32-52H2,1-2H3,(H,57,60)/b31-27-. The molecule has 0 bridgehead atoms. The zero-order chi connectivity index (χ0) is 45.1. The van der Waals surface area contributed by atoms with Crippen LogP contribution in [0.3, 0.4) is 0 Å². The van der Waals surface area contributed by atoms with E-state index in [0.717, 1.165) is 77.0 Å². The molecule has 0 aromatic heterocycles. The number of rotatable bonds is 52. The molecule has 0 rings (SSSR count). The number of hydrogen-bond donors (Lipinski definition) is 3. The molecule has 0 aliphatic heterocycles. The molecule has 0 radical (unpaired) electrons. The number of amides is 1. The molecule has 0 heterocycles. The van der Waals surface area contributed by atoms with Gasteiger partial charge >= 0.3 is 5.97 Å². The molecule has 1 amide bonds. The topological polar surface area (TPSA) is 95.9 Å². The highest BCUT2D eigenvalue weighted by Crippen LogP contribution is 2.17. The van der Waals surface area contributed by atoms with Gasteiger partial charge in [0, 0.05) is 12.8 Å². The van der Waals surface area contributed by atoms with Crippen molar-refractivity contribution < 1.29 is 24.5 Å². The average molecular weight is 876 g/mol. The Balaban J connectivity index is 3.48. The number of carbonyl (C=O) groups excluding carboxylic acids is 2. The lowest BCUT2D eigenvalue weighted by atomic mass is 10.0. The summed E-state index contributed by atoms with van der Waals surface area (Å²) in [6, 6.07) is -0.559. The first-order chi connectivity index (χ1) is 30.5. The van der Waals surface area contributed by atoms with E-state index < -0.39 is 12.1 Å². The van der Waals surface area contributed by atoms with Gasteiger partial charge in [0.1, 0.15) is 0 Å². The van der Waals surface area contributed by atoms with E-state index in [-0.39, 0.29) is 18.5 Å². The van der Waals surface area contributed by atoms with Crippen LogP contribution in [0.4, 0.5) is 0 Å². The lowest BCUT2D eigenvalue weighted by Gasteiger charge is -2.22. The van der Waals surface area contributed by atoms with E-state index in [4.69, 9.17) is 4.74 Å². The van der Waals surface area contributed by atoms with Gasteiger partial charge in [-0.15, -0.1) is 0 Å². The third kappa shape index (κ3) is 48.1. The fourth-order valence-corrected chi connectivity index (χ4v) is 8.75. The fraction of sp³-hybridized carbons (Fsp3) is 0.929. The number of unbranched alkanes of at least 4 members (excludes halogenated alkanes) is 39. The third-order valence-corrected chi connectivity index (χ3v) is 13.1. The van der Waals surface area contributed by atoms with Crippen molar-refractivity contribution in [3.8, 4) is 0 Å². The van der Waals surface area contributed by atoms with Crippen LogP contribution >= 0.6 is 0 Å². The van der Waals surface area contributed by atoms with E-state index >= 15 is 0 Å². The number of ether oxygens (including phenoxy) is 1. The molecule has 6 heteroatoms. The highest BCUT2D eigenvalue weighted by molar-refractivity contribution is 5.76. The quantitative estimate of drug-likeness (QED) is 0.0321. The van der Waals surface area contributed by atoms with Crippen LogP contribution in [0.5, 0.6) is 0 Å². The molecule has 0 aromatic carbocycles. The van der Waals surface area contributed by atoms with Gasteiger partial charge in [0.15, 0.2) is 0 Å². The summed E-state index contributed by atoms with van der Waals surface area (Å²) in [5.41, 5.74) is 0. The molecule has 2 atom stereocenters. The Hall–Kier alpha value is -1.40. The molecular weight excluding hydrogens is 767 g/mol. The first kappa shape index (κ1) is 60.6. The highest BCUT2D eigenvalue weighted by atomic mass is 16.5. The maximum Gasteiger partial charge on any atom is 0.305 e. The molecular formula is C56H109NO5. The Labute approximate surface area is 387 Å². The van der Waals surface area contributed by atoms with Crippen LogP contribution in [0.2, 0.25) is 0 Å².